The fourth-order valence-corrected chi connectivity index (χ4v) is 7.50. The predicted octanol–water partition coefficient (Wildman–Crippen LogP) is 7.21. The number of aromatic nitrogens is 8. The van der Waals surface area contributed by atoms with Crippen LogP contribution in [0.4, 0.5) is 11.9 Å². The van der Waals surface area contributed by atoms with Crippen LogP contribution in [0.3, 0.4) is 0 Å². The van der Waals surface area contributed by atoms with Crippen molar-refractivity contribution in [3.63, 3.8) is 0 Å². The third kappa shape index (κ3) is 10.2. The van der Waals surface area contributed by atoms with E-state index >= 15 is 0 Å². The van der Waals surface area contributed by atoms with Gasteiger partial charge in [-0.3, -0.25) is 4.90 Å². The molecule has 2 aliphatic heterocycles. The van der Waals surface area contributed by atoms with Crippen LogP contribution in [0.1, 0.15) is 45.1 Å². The third-order valence-electron chi connectivity index (χ3n) is 10.3. The van der Waals surface area contributed by atoms with E-state index in [4.69, 9.17) is 19.4 Å². The highest BCUT2D eigenvalue weighted by atomic mass is 16.5. The molecule has 0 bridgehead atoms. The number of nitrogens with zero attached hydrogens (tertiary/aromatic N) is 9. The van der Waals surface area contributed by atoms with Gasteiger partial charge in [-0.05, 0) is 70.3 Å². The Balaban J connectivity index is 0.000000180. The SMILES string of the molecule is CCOc1cc(CN2CCC(Nc3nc(-c4ccccc4)c4nccnc4n3)CC2)cc(OCC)c1.c1ccc(-c2nc(NC3CCNCC3)nc3nccnc23)cc1. The predicted molar refractivity (Wildman–Crippen MR) is 231 cm³/mol. The molecule has 0 spiro atoms. The van der Waals surface area contributed by atoms with Gasteiger partial charge in [0.15, 0.2) is 11.3 Å². The highest BCUT2D eigenvalue weighted by molar-refractivity contribution is 5.88. The molecule has 302 valence electrons. The lowest BCUT2D eigenvalue weighted by molar-refractivity contribution is 0.210. The Morgan fingerprint density at radius 1 is 0.593 bits per heavy atom. The molecule has 9 rings (SSSR count). The molecule has 4 aromatic heterocycles. The molecule has 0 radical (unpaired) electrons. The average Bonchev–Trinajstić information content (AvgIpc) is 3.28. The molecular weight excluding hydrogens is 741 g/mol. The standard InChI is InChI=1S/C28H32N6O2.C17H18N6/c1-3-35-23-16-20(17-24(18-23)36-4-2)19-34-14-10-22(11-15-34)31-28-32-25(21-8-6-5-7-9-21)26-27(33-28)30-13-12-29-26;1-2-4-12(5-3-1)14-15-16(20-11-10-19-15)23-17(22-14)21-13-6-8-18-9-7-13/h5-9,12-13,16-18,22H,3-4,10-11,14-15,19H2,1-2H3,(H,30,31,32,33);1-5,10-11,13,18H,6-9H2,(H,20,21,22,23). The summed E-state index contributed by atoms with van der Waals surface area (Å²) in [5.41, 5.74) is 7.52. The second-order valence-electron chi connectivity index (χ2n) is 14.5. The minimum absolute atomic E-state index is 0.299. The van der Waals surface area contributed by atoms with Crippen LogP contribution in [0.2, 0.25) is 0 Å². The summed E-state index contributed by atoms with van der Waals surface area (Å²) in [6, 6.07) is 27.0. The number of ether oxygens (including phenoxy) is 2. The summed E-state index contributed by atoms with van der Waals surface area (Å²) in [7, 11) is 0. The molecule has 6 heterocycles. The van der Waals surface area contributed by atoms with Crippen LogP contribution in [0.25, 0.3) is 44.8 Å². The zero-order valence-corrected chi connectivity index (χ0v) is 33.6. The second kappa shape index (κ2) is 19.4. The first-order valence-electron chi connectivity index (χ1n) is 20.6. The van der Waals surface area contributed by atoms with E-state index in [-0.39, 0.29) is 0 Å². The van der Waals surface area contributed by atoms with E-state index in [0.717, 1.165) is 97.9 Å². The van der Waals surface area contributed by atoms with Gasteiger partial charge in [0.1, 0.15) is 33.9 Å². The van der Waals surface area contributed by atoms with Crippen molar-refractivity contribution in [2.24, 2.45) is 0 Å². The zero-order valence-electron chi connectivity index (χ0n) is 33.6. The van der Waals surface area contributed by atoms with Gasteiger partial charge in [-0.2, -0.15) is 9.97 Å². The van der Waals surface area contributed by atoms with Gasteiger partial charge in [0.25, 0.3) is 0 Å². The van der Waals surface area contributed by atoms with Crippen LogP contribution in [0, 0.1) is 0 Å². The molecule has 59 heavy (non-hydrogen) atoms. The van der Waals surface area contributed by atoms with Gasteiger partial charge in [-0.1, -0.05) is 60.7 Å². The Hall–Kier alpha value is -6.38. The largest absolute Gasteiger partial charge is 0.494 e. The molecule has 0 aliphatic carbocycles. The van der Waals surface area contributed by atoms with Crippen molar-refractivity contribution < 1.29 is 9.47 Å². The molecule has 3 N–H and O–H groups in total. The Bertz CT molecular complexity index is 2400. The maximum atomic E-state index is 5.75. The monoisotopic (exact) mass is 790 g/mol. The summed E-state index contributed by atoms with van der Waals surface area (Å²) in [5, 5.41) is 10.4. The Kier molecular flexibility index (Phi) is 13.0. The molecule has 3 aromatic carbocycles. The molecule has 14 nitrogen and oxygen atoms in total. The molecule has 7 aromatic rings. The molecule has 0 saturated carbocycles. The molecule has 0 unspecified atom stereocenters. The van der Waals surface area contributed by atoms with Crippen LogP contribution in [0.5, 0.6) is 11.5 Å². The normalized spacial score (nSPS) is 15.0. The Morgan fingerprint density at radius 2 is 1.07 bits per heavy atom. The number of piperidine rings is 2. The molecule has 2 saturated heterocycles. The minimum Gasteiger partial charge on any atom is -0.494 e. The minimum atomic E-state index is 0.299. The van der Waals surface area contributed by atoms with Gasteiger partial charge in [-0.15, -0.1) is 0 Å². The number of rotatable bonds is 12. The van der Waals surface area contributed by atoms with Crippen molar-refractivity contribution in [1.82, 2.24) is 50.1 Å². The number of hydrogen-bond acceptors (Lipinski definition) is 14. The number of anilines is 2. The van der Waals surface area contributed by atoms with E-state index in [2.05, 4.69) is 62.9 Å². The van der Waals surface area contributed by atoms with Crippen molar-refractivity contribution in [2.45, 2.75) is 58.2 Å². The van der Waals surface area contributed by atoms with Crippen LogP contribution in [-0.2, 0) is 6.54 Å². The summed E-state index contributed by atoms with van der Waals surface area (Å²) in [5.74, 6) is 2.95. The maximum Gasteiger partial charge on any atom is 0.225 e. The van der Waals surface area contributed by atoms with E-state index in [9.17, 15) is 0 Å². The van der Waals surface area contributed by atoms with Crippen molar-refractivity contribution in [2.75, 3.05) is 50.0 Å². The second-order valence-corrected chi connectivity index (χ2v) is 14.5. The lowest BCUT2D eigenvalue weighted by atomic mass is 10.0. The first-order chi connectivity index (χ1) is 29.1. The van der Waals surface area contributed by atoms with Crippen molar-refractivity contribution in [1.29, 1.82) is 0 Å². The molecular formula is C45H50N12O2. The van der Waals surface area contributed by atoms with Crippen molar-refractivity contribution >= 4 is 34.2 Å². The summed E-state index contributed by atoms with van der Waals surface area (Å²) < 4.78 is 11.5. The topological polar surface area (TPSA) is 161 Å². The summed E-state index contributed by atoms with van der Waals surface area (Å²) in [6.45, 7) is 10.2. The smallest absolute Gasteiger partial charge is 0.225 e. The highest BCUT2D eigenvalue weighted by Gasteiger charge is 2.22. The highest BCUT2D eigenvalue weighted by Crippen LogP contribution is 2.28. The Morgan fingerprint density at radius 3 is 1.56 bits per heavy atom. The van der Waals surface area contributed by atoms with E-state index in [1.165, 1.54) is 5.56 Å². The van der Waals surface area contributed by atoms with Gasteiger partial charge in [0.2, 0.25) is 11.9 Å². The molecule has 2 fully saturated rings. The lowest BCUT2D eigenvalue weighted by Gasteiger charge is -2.32. The van der Waals surface area contributed by atoms with Crippen LogP contribution < -0.4 is 25.4 Å². The van der Waals surface area contributed by atoms with Crippen molar-refractivity contribution in [3.8, 4) is 34.0 Å². The molecule has 0 amide bonds. The number of fused-ring (bicyclic) bond motifs is 2. The summed E-state index contributed by atoms with van der Waals surface area (Å²) in [4.78, 5) is 38.9. The van der Waals surface area contributed by atoms with Crippen LogP contribution in [0.15, 0.2) is 104 Å². The number of nitrogens with one attached hydrogen (secondary N) is 3. The summed E-state index contributed by atoms with van der Waals surface area (Å²) >= 11 is 0. The summed E-state index contributed by atoms with van der Waals surface area (Å²) in [6.07, 6.45) is 10.9. The average molecular weight is 791 g/mol. The maximum absolute atomic E-state index is 5.75. The van der Waals surface area contributed by atoms with E-state index in [1.54, 1.807) is 24.8 Å². The van der Waals surface area contributed by atoms with E-state index in [1.807, 2.05) is 80.6 Å². The van der Waals surface area contributed by atoms with Crippen LogP contribution in [-0.4, -0.2) is 96.2 Å². The van der Waals surface area contributed by atoms with Gasteiger partial charge < -0.3 is 25.4 Å². The van der Waals surface area contributed by atoms with E-state index in [0.29, 0.717) is 54.0 Å². The van der Waals surface area contributed by atoms with Gasteiger partial charge in [0.05, 0.1) is 13.2 Å². The number of likely N-dealkylation sites (tertiary alicyclic amines) is 1. The molecule has 2 aliphatic rings. The number of benzene rings is 3. The van der Waals surface area contributed by atoms with Crippen molar-refractivity contribution in [3.05, 3.63) is 109 Å². The fraction of sp³-hybridized carbons (Fsp3) is 0.333. The quantitative estimate of drug-likeness (QED) is 0.114. The van der Waals surface area contributed by atoms with Crippen LogP contribution >= 0.6 is 0 Å². The van der Waals surface area contributed by atoms with Gasteiger partial charge >= 0.3 is 0 Å². The van der Waals surface area contributed by atoms with Gasteiger partial charge in [-0.25, -0.2) is 29.9 Å². The lowest BCUT2D eigenvalue weighted by Crippen LogP contribution is -2.39. The third-order valence-corrected chi connectivity index (χ3v) is 10.3. The molecule has 14 heteroatoms. The first kappa shape index (κ1) is 39.4. The molecule has 0 atom stereocenters. The number of hydrogen-bond donors (Lipinski definition) is 3. The first-order valence-corrected chi connectivity index (χ1v) is 20.6. The van der Waals surface area contributed by atoms with E-state index < -0.39 is 0 Å². The van der Waals surface area contributed by atoms with Gasteiger partial charge in [0, 0.05) is 73.7 Å². The zero-order chi connectivity index (χ0) is 40.2. The fourth-order valence-electron chi connectivity index (χ4n) is 7.50. The Labute approximate surface area is 344 Å².